The molecule has 1 heterocycles. The highest BCUT2D eigenvalue weighted by Gasteiger charge is 2.11. The van der Waals surface area contributed by atoms with Crippen molar-refractivity contribution in [3.05, 3.63) is 21.6 Å². The van der Waals surface area contributed by atoms with Crippen LogP contribution >= 0.6 is 11.6 Å². The van der Waals surface area contributed by atoms with Gasteiger partial charge in [0, 0.05) is 13.7 Å². The van der Waals surface area contributed by atoms with E-state index in [9.17, 15) is 9.59 Å². The number of ether oxygens (including phenoxy) is 1. The van der Waals surface area contributed by atoms with Gasteiger partial charge in [-0.1, -0.05) is 11.6 Å². The summed E-state index contributed by atoms with van der Waals surface area (Å²) in [4.78, 5) is 23.4. The average Bonchev–Trinajstić information content (AvgIpc) is 2.40. The molecule has 0 unspecified atom stereocenters. The van der Waals surface area contributed by atoms with Crippen LogP contribution in [0.5, 0.6) is 0 Å². The van der Waals surface area contributed by atoms with E-state index in [-0.39, 0.29) is 29.1 Å². The summed E-state index contributed by atoms with van der Waals surface area (Å²) in [5, 5.41) is 9.45. The molecule has 0 spiro atoms. The molecule has 1 aromatic rings. The van der Waals surface area contributed by atoms with Crippen molar-refractivity contribution in [2.45, 2.75) is 19.9 Å². The number of carbonyl (C=O) groups excluding carboxylic acids is 1. The molecule has 1 aromatic heterocycles. The lowest BCUT2D eigenvalue weighted by molar-refractivity contribution is -0.119. The fourth-order valence-corrected chi connectivity index (χ4v) is 1.67. The third-order valence-electron chi connectivity index (χ3n) is 2.50. The number of nitrogens with one attached hydrogen (secondary N) is 2. The van der Waals surface area contributed by atoms with Gasteiger partial charge in [0.2, 0.25) is 5.91 Å². The molecule has 0 aromatic carbocycles. The molecule has 7 nitrogen and oxygen atoms in total. The van der Waals surface area contributed by atoms with E-state index in [0.717, 1.165) is 0 Å². The van der Waals surface area contributed by atoms with Gasteiger partial charge in [0.05, 0.1) is 31.1 Å². The number of anilines is 1. The summed E-state index contributed by atoms with van der Waals surface area (Å²) in [5.74, 6) is -0.217. The molecule has 0 fully saturated rings. The van der Waals surface area contributed by atoms with Crippen LogP contribution in [-0.2, 0) is 9.53 Å². The van der Waals surface area contributed by atoms with Crippen LogP contribution in [-0.4, -0.2) is 42.5 Å². The van der Waals surface area contributed by atoms with E-state index in [0.29, 0.717) is 18.8 Å². The van der Waals surface area contributed by atoms with Gasteiger partial charge in [-0.2, -0.15) is 5.10 Å². The maximum absolute atomic E-state index is 11.9. The van der Waals surface area contributed by atoms with Crippen molar-refractivity contribution in [1.82, 2.24) is 15.1 Å². The quantitative estimate of drug-likeness (QED) is 0.723. The van der Waals surface area contributed by atoms with Gasteiger partial charge in [0.25, 0.3) is 5.56 Å². The van der Waals surface area contributed by atoms with Crippen molar-refractivity contribution < 1.29 is 9.53 Å². The largest absolute Gasteiger partial charge is 0.383 e. The Balaban J connectivity index is 2.63. The van der Waals surface area contributed by atoms with Crippen molar-refractivity contribution in [3.8, 4) is 0 Å². The molecule has 1 rings (SSSR count). The zero-order chi connectivity index (χ0) is 15.1. The maximum atomic E-state index is 11.9. The van der Waals surface area contributed by atoms with Gasteiger partial charge in [0.15, 0.2) is 0 Å². The molecule has 0 saturated heterocycles. The van der Waals surface area contributed by atoms with Crippen molar-refractivity contribution >= 4 is 23.2 Å². The molecule has 0 aliphatic heterocycles. The summed E-state index contributed by atoms with van der Waals surface area (Å²) < 4.78 is 6.10. The van der Waals surface area contributed by atoms with Crippen LogP contribution in [0.15, 0.2) is 11.0 Å². The molecule has 2 N–H and O–H groups in total. The monoisotopic (exact) mass is 302 g/mol. The van der Waals surface area contributed by atoms with E-state index in [2.05, 4.69) is 15.7 Å². The predicted octanol–water partition coefficient (Wildman–Crippen LogP) is 0.652. The topological polar surface area (TPSA) is 85.2 Å². The minimum Gasteiger partial charge on any atom is -0.383 e. The van der Waals surface area contributed by atoms with Gasteiger partial charge >= 0.3 is 0 Å². The fraction of sp³-hybridized carbons (Fsp3) is 0.583. The third-order valence-corrected chi connectivity index (χ3v) is 2.87. The SMILES string of the molecule is COCCNC(=O)CNc1cnn(C(C)C)c(=O)c1Cl. The third kappa shape index (κ3) is 4.50. The molecular formula is C12H19ClN4O3. The highest BCUT2D eigenvalue weighted by atomic mass is 35.5. The predicted molar refractivity (Wildman–Crippen MR) is 77.3 cm³/mol. The molecule has 8 heteroatoms. The standard InChI is InChI=1S/C12H19ClN4O3/c1-8(2)17-12(19)11(13)9(6-16-17)15-7-10(18)14-4-5-20-3/h6,8,15H,4-5,7H2,1-3H3,(H,14,18). The van der Waals surface area contributed by atoms with Crippen LogP contribution in [0.4, 0.5) is 5.69 Å². The Labute approximate surface area is 122 Å². The minimum absolute atomic E-state index is 0.0102. The number of methoxy groups -OCH3 is 1. The smallest absolute Gasteiger partial charge is 0.287 e. The van der Waals surface area contributed by atoms with Crippen LogP contribution in [0.1, 0.15) is 19.9 Å². The zero-order valence-corrected chi connectivity index (χ0v) is 12.5. The van der Waals surface area contributed by atoms with E-state index in [1.54, 1.807) is 7.11 Å². The van der Waals surface area contributed by atoms with Crippen molar-refractivity contribution in [3.63, 3.8) is 0 Å². The van der Waals surface area contributed by atoms with Gasteiger partial charge in [-0.25, -0.2) is 4.68 Å². The summed E-state index contributed by atoms with van der Waals surface area (Å²) in [7, 11) is 1.56. The number of halogens is 1. The molecule has 0 radical (unpaired) electrons. The minimum atomic E-state index is -0.383. The summed E-state index contributed by atoms with van der Waals surface area (Å²) in [6.07, 6.45) is 1.44. The first-order chi connectivity index (χ1) is 9.47. The molecule has 0 bridgehead atoms. The highest BCUT2D eigenvalue weighted by molar-refractivity contribution is 6.33. The fourth-order valence-electron chi connectivity index (χ4n) is 1.47. The summed E-state index contributed by atoms with van der Waals surface area (Å²) >= 11 is 5.97. The molecule has 0 aliphatic carbocycles. The number of hydrogen-bond acceptors (Lipinski definition) is 5. The van der Waals surface area contributed by atoms with Crippen LogP contribution in [0.2, 0.25) is 5.02 Å². The molecular weight excluding hydrogens is 284 g/mol. The van der Waals surface area contributed by atoms with Crippen LogP contribution < -0.4 is 16.2 Å². The highest BCUT2D eigenvalue weighted by Crippen LogP contribution is 2.15. The van der Waals surface area contributed by atoms with Gasteiger partial charge in [-0.05, 0) is 13.8 Å². The number of aromatic nitrogens is 2. The Morgan fingerprint density at radius 3 is 2.85 bits per heavy atom. The Morgan fingerprint density at radius 2 is 2.25 bits per heavy atom. The number of rotatable bonds is 7. The Bertz CT molecular complexity index is 516. The van der Waals surface area contributed by atoms with Gasteiger partial charge in [0.1, 0.15) is 5.02 Å². The molecule has 20 heavy (non-hydrogen) atoms. The first-order valence-corrected chi connectivity index (χ1v) is 6.62. The number of amides is 1. The molecule has 0 saturated carbocycles. The number of nitrogens with zero attached hydrogens (tertiary/aromatic N) is 2. The number of hydrogen-bond donors (Lipinski definition) is 2. The first kappa shape index (κ1) is 16.5. The van der Waals surface area contributed by atoms with E-state index in [1.165, 1.54) is 10.9 Å². The van der Waals surface area contributed by atoms with Crippen molar-refractivity contribution in [2.75, 3.05) is 32.1 Å². The lowest BCUT2D eigenvalue weighted by Gasteiger charge is -2.12. The molecule has 0 aliphatic rings. The van der Waals surface area contributed by atoms with E-state index >= 15 is 0 Å². The summed E-state index contributed by atoms with van der Waals surface area (Å²) in [6, 6.07) is -0.0774. The summed E-state index contributed by atoms with van der Waals surface area (Å²) in [5.41, 5.74) is -0.0399. The van der Waals surface area contributed by atoms with Gasteiger partial charge in [-0.3, -0.25) is 9.59 Å². The van der Waals surface area contributed by atoms with Crippen LogP contribution in [0.25, 0.3) is 0 Å². The van der Waals surface area contributed by atoms with Gasteiger partial charge in [-0.15, -0.1) is 0 Å². The number of carbonyl (C=O) groups is 1. The first-order valence-electron chi connectivity index (χ1n) is 6.24. The second-order valence-electron chi connectivity index (χ2n) is 4.41. The summed E-state index contributed by atoms with van der Waals surface area (Å²) in [6.45, 7) is 4.55. The van der Waals surface area contributed by atoms with Gasteiger partial charge < -0.3 is 15.4 Å². The van der Waals surface area contributed by atoms with E-state index in [4.69, 9.17) is 16.3 Å². The van der Waals surface area contributed by atoms with Crippen molar-refractivity contribution in [1.29, 1.82) is 0 Å². The average molecular weight is 303 g/mol. The molecule has 0 atom stereocenters. The molecule has 112 valence electrons. The van der Waals surface area contributed by atoms with Crippen LogP contribution in [0.3, 0.4) is 0 Å². The van der Waals surface area contributed by atoms with E-state index in [1.807, 2.05) is 13.8 Å². The Morgan fingerprint density at radius 1 is 1.55 bits per heavy atom. The van der Waals surface area contributed by atoms with E-state index < -0.39 is 0 Å². The lowest BCUT2D eigenvalue weighted by Crippen LogP contribution is -2.33. The normalized spacial score (nSPS) is 10.7. The zero-order valence-electron chi connectivity index (χ0n) is 11.8. The lowest BCUT2D eigenvalue weighted by atomic mass is 10.4. The second kappa shape index (κ2) is 7.86. The maximum Gasteiger partial charge on any atom is 0.287 e. The van der Waals surface area contributed by atoms with Crippen molar-refractivity contribution in [2.24, 2.45) is 0 Å². The molecule has 1 amide bonds. The van der Waals surface area contributed by atoms with Crippen LogP contribution in [0, 0.1) is 0 Å². The Hall–Kier alpha value is -1.60. The Kier molecular flexibility index (Phi) is 6.47. The second-order valence-corrected chi connectivity index (χ2v) is 4.79.